The van der Waals surface area contributed by atoms with Crippen LogP contribution in [-0.4, -0.2) is 35.6 Å². The Bertz CT molecular complexity index is 365. The van der Waals surface area contributed by atoms with E-state index < -0.39 is 16.6 Å². The van der Waals surface area contributed by atoms with Crippen molar-refractivity contribution < 1.29 is 13.6 Å². The molecule has 0 bridgehead atoms. The van der Waals surface area contributed by atoms with E-state index in [2.05, 4.69) is 61.6 Å². The Morgan fingerprint density at radius 3 is 1.79 bits per heavy atom. The molecule has 0 aliphatic heterocycles. The normalized spacial score (nSPS) is 17.4. The fraction of sp³-hybridized carbons (Fsp3) is 0.947. The number of aldehydes is 1. The molecule has 3 atom stereocenters. The maximum Gasteiger partial charge on any atom is 0.192 e. The van der Waals surface area contributed by atoms with Gasteiger partial charge in [-0.05, 0) is 36.3 Å². The van der Waals surface area contributed by atoms with Crippen LogP contribution < -0.4 is 0 Å². The Kier molecular flexibility index (Phi) is 9.66. The average Bonchev–Trinajstić information content (AvgIpc) is 2.52. The van der Waals surface area contributed by atoms with Crippen LogP contribution in [0.3, 0.4) is 0 Å². The second-order valence-corrected chi connectivity index (χ2v) is 18.4. The van der Waals surface area contributed by atoms with E-state index in [9.17, 15) is 4.79 Å². The van der Waals surface area contributed by atoms with Crippen LogP contribution in [0.4, 0.5) is 0 Å². The summed E-state index contributed by atoms with van der Waals surface area (Å²) in [6.07, 6.45) is 0.985. The van der Waals surface area contributed by atoms with Crippen LogP contribution >= 0.6 is 0 Å². The van der Waals surface area contributed by atoms with Gasteiger partial charge >= 0.3 is 0 Å². The van der Waals surface area contributed by atoms with Crippen molar-refractivity contribution in [1.29, 1.82) is 0 Å². The van der Waals surface area contributed by atoms with Gasteiger partial charge in [0.15, 0.2) is 16.6 Å². The van der Waals surface area contributed by atoms with Crippen LogP contribution in [-0.2, 0) is 13.6 Å². The van der Waals surface area contributed by atoms with E-state index in [0.717, 1.165) is 24.4 Å². The second-order valence-electron chi connectivity index (χ2n) is 8.87. The number of rotatable bonds is 11. The van der Waals surface area contributed by atoms with Crippen LogP contribution in [0.1, 0.15) is 55.4 Å². The van der Waals surface area contributed by atoms with E-state index in [1.165, 1.54) is 0 Å². The van der Waals surface area contributed by atoms with Crippen molar-refractivity contribution in [2.24, 2.45) is 11.8 Å². The molecular formula is C19H42O3Si2. The molecule has 0 radical (unpaired) electrons. The molecule has 0 saturated heterocycles. The summed E-state index contributed by atoms with van der Waals surface area (Å²) in [4.78, 5) is 11.5. The minimum atomic E-state index is -1.91. The van der Waals surface area contributed by atoms with Crippen molar-refractivity contribution in [1.82, 2.24) is 0 Å². The molecule has 0 aliphatic rings. The molecule has 0 fully saturated rings. The smallest absolute Gasteiger partial charge is 0.192 e. The van der Waals surface area contributed by atoms with Crippen molar-refractivity contribution in [3.05, 3.63) is 0 Å². The molecule has 3 nitrogen and oxygen atoms in total. The zero-order chi connectivity index (χ0) is 19.2. The molecule has 0 amide bonds. The SMILES string of the molecule is CC[Si](CC)(CC)OC[C@H](C)[C@H](O[Si](C)(C)C(C)(C)C)[C@@H](C)C=O. The third kappa shape index (κ3) is 6.39. The lowest BCUT2D eigenvalue weighted by Crippen LogP contribution is -2.49. The standard InChI is InChI=1S/C19H42O3Si2/c1-11-24(12-2,13-3)21-15-17(5)18(16(4)14-20)22-23(9,10)19(6,7)8/h14,16-18H,11-13,15H2,1-10H3/t16-,17-,18+/m0/s1. The molecule has 0 aromatic heterocycles. The zero-order valence-electron chi connectivity index (χ0n) is 17.9. The van der Waals surface area contributed by atoms with Crippen molar-refractivity contribution in [3.63, 3.8) is 0 Å². The minimum absolute atomic E-state index is 0.0549. The van der Waals surface area contributed by atoms with Gasteiger partial charge < -0.3 is 13.6 Å². The van der Waals surface area contributed by atoms with Gasteiger partial charge in [-0.15, -0.1) is 0 Å². The highest BCUT2D eigenvalue weighted by molar-refractivity contribution is 6.74. The molecule has 5 heteroatoms. The third-order valence-electron chi connectivity index (χ3n) is 6.12. The Hall–Kier alpha value is 0.0238. The summed E-state index contributed by atoms with van der Waals surface area (Å²) in [7, 11) is -3.51. The quantitative estimate of drug-likeness (QED) is 0.335. The highest BCUT2D eigenvalue weighted by Gasteiger charge is 2.42. The molecule has 24 heavy (non-hydrogen) atoms. The van der Waals surface area contributed by atoms with E-state index in [4.69, 9.17) is 8.85 Å². The molecule has 0 aromatic carbocycles. The largest absolute Gasteiger partial charge is 0.416 e. The summed E-state index contributed by atoms with van der Waals surface area (Å²) in [6, 6.07) is 3.47. The maximum atomic E-state index is 11.5. The lowest BCUT2D eigenvalue weighted by Gasteiger charge is -2.42. The summed E-state index contributed by atoms with van der Waals surface area (Å²) in [5.41, 5.74) is 0. The van der Waals surface area contributed by atoms with Gasteiger partial charge in [0, 0.05) is 18.4 Å². The molecule has 0 aliphatic carbocycles. The van der Waals surface area contributed by atoms with Gasteiger partial charge in [-0.2, -0.15) is 0 Å². The highest BCUT2D eigenvalue weighted by atomic mass is 28.4. The van der Waals surface area contributed by atoms with Crippen LogP contribution in [0, 0.1) is 11.8 Å². The topological polar surface area (TPSA) is 35.5 Å². The molecule has 0 rings (SSSR count). The van der Waals surface area contributed by atoms with E-state index in [-0.39, 0.29) is 23.0 Å². The highest BCUT2D eigenvalue weighted by Crippen LogP contribution is 2.39. The first kappa shape index (κ1) is 24.0. The van der Waals surface area contributed by atoms with Crippen LogP contribution in [0.15, 0.2) is 0 Å². The van der Waals surface area contributed by atoms with Gasteiger partial charge in [0.1, 0.15) is 6.29 Å². The molecule has 0 unspecified atom stereocenters. The summed E-state index contributed by atoms with van der Waals surface area (Å²) >= 11 is 0. The van der Waals surface area contributed by atoms with E-state index >= 15 is 0 Å². The van der Waals surface area contributed by atoms with Gasteiger partial charge in [-0.25, -0.2) is 0 Å². The third-order valence-corrected chi connectivity index (χ3v) is 15.2. The first-order valence-corrected chi connectivity index (χ1v) is 15.1. The van der Waals surface area contributed by atoms with Crippen LogP contribution in [0.5, 0.6) is 0 Å². The fourth-order valence-electron chi connectivity index (χ4n) is 2.80. The lowest BCUT2D eigenvalue weighted by molar-refractivity contribution is -0.114. The molecule has 0 saturated carbocycles. The zero-order valence-corrected chi connectivity index (χ0v) is 19.9. The second kappa shape index (κ2) is 9.65. The van der Waals surface area contributed by atoms with E-state index in [1.807, 2.05) is 6.92 Å². The molecular weight excluding hydrogens is 332 g/mol. The van der Waals surface area contributed by atoms with Crippen LogP contribution in [0.25, 0.3) is 0 Å². The molecule has 144 valence electrons. The molecule has 0 spiro atoms. The minimum Gasteiger partial charge on any atom is -0.416 e. The summed E-state index contributed by atoms with van der Waals surface area (Å²) in [5.74, 6) is 0.134. The fourth-order valence-corrected chi connectivity index (χ4v) is 7.01. The number of carbonyl (C=O) groups excluding carboxylic acids is 1. The summed E-state index contributed by atoms with van der Waals surface area (Å²) in [5, 5.41) is 0.142. The monoisotopic (exact) mass is 374 g/mol. The predicted molar refractivity (Wildman–Crippen MR) is 110 cm³/mol. The Labute approximate surface area is 153 Å². The summed E-state index contributed by atoms with van der Waals surface area (Å²) < 4.78 is 13.1. The van der Waals surface area contributed by atoms with E-state index in [1.54, 1.807) is 0 Å². The Morgan fingerprint density at radius 2 is 1.46 bits per heavy atom. The van der Waals surface area contributed by atoms with Gasteiger partial charge in [0.05, 0.1) is 6.10 Å². The number of hydrogen-bond donors (Lipinski definition) is 0. The van der Waals surface area contributed by atoms with Crippen LogP contribution in [0.2, 0.25) is 36.3 Å². The molecule has 0 N–H and O–H groups in total. The van der Waals surface area contributed by atoms with Gasteiger partial charge in [-0.1, -0.05) is 55.4 Å². The number of hydrogen-bond acceptors (Lipinski definition) is 3. The summed E-state index contributed by atoms with van der Waals surface area (Å²) in [6.45, 7) is 22.9. The molecule has 0 aromatic rings. The van der Waals surface area contributed by atoms with E-state index in [0.29, 0.717) is 6.61 Å². The van der Waals surface area contributed by atoms with Gasteiger partial charge in [-0.3, -0.25) is 0 Å². The van der Waals surface area contributed by atoms with Crippen molar-refractivity contribution in [2.75, 3.05) is 6.61 Å². The molecule has 0 heterocycles. The van der Waals surface area contributed by atoms with Gasteiger partial charge in [0.2, 0.25) is 0 Å². The Morgan fingerprint density at radius 1 is 1.00 bits per heavy atom. The van der Waals surface area contributed by atoms with Crippen molar-refractivity contribution in [3.8, 4) is 0 Å². The first-order chi connectivity index (χ1) is 10.9. The Balaban J connectivity index is 5.16. The lowest BCUT2D eigenvalue weighted by atomic mass is 9.95. The predicted octanol–water partition coefficient (Wildman–Crippen LogP) is 5.87. The number of carbonyl (C=O) groups is 1. The van der Waals surface area contributed by atoms with Crippen molar-refractivity contribution >= 4 is 22.9 Å². The van der Waals surface area contributed by atoms with Crippen molar-refractivity contribution in [2.45, 2.75) is 97.8 Å². The first-order valence-electron chi connectivity index (χ1n) is 9.66. The van der Waals surface area contributed by atoms with Gasteiger partial charge in [0.25, 0.3) is 0 Å². The average molecular weight is 375 g/mol. The maximum absolute atomic E-state index is 11.5.